The predicted octanol–water partition coefficient (Wildman–Crippen LogP) is 2.05. The van der Waals surface area contributed by atoms with E-state index in [9.17, 15) is 0 Å². The Bertz CT molecular complexity index is 394. The van der Waals surface area contributed by atoms with E-state index >= 15 is 0 Å². The minimum atomic E-state index is 0.797. The molecule has 1 aliphatic heterocycles. The van der Waals surface area contributed by atoms with Crippen LogP contribution in [-0.4, -0.2) is 31.1 Å². The molecule has 1 fully saturated rings. The number of thiophene rings is 1. The highest BCUT2D eigenvalue weighted by Gasteiger charge is 2.20. The van der Waals surface area contributed by atoms with E-state index in [0.717, 1.165) is 23.9 Å². The molecule has 17 heavy (non-hydrogen) atoms. The van der Waals surface area contributed by atoms with Gasteiger partial charge in [0, 0.05) is 18.0 Å². The number of rotatable bonds is 5. The van der Waals surface area contributed by atoms with Crippen molar-refractivity contribution in [3.63, 3.8) is 0 Å². The van der Waals surface area contributed by atoms with Gasteiger partial charge in [-0.2, -0.15) is 5.26 Å². The topological polar surface area (TPSA) is 39.1 Å². The molecule has 1 unspecified atom stereocenters. The molecule has 1 saturated heterocycles. The highest BCUT2D eigenvalue weighted by Crippen LogP contribution is 2.17. The molecule has 0 aromatic carbocycles. The van der Waals surface area contributed by atoms with E-state index in [-0.39, 0.29) is 0 Å². The van der Waals surface area contributed by atoms with Gasteiger partial charge in [0.25, 0.3) is 0 Å². The summed E-state index contributed by atoms with van der Waals surface area (Å²) in [6.07, 6.45) is 1.31. The average molecular weight is 249 g/mol. The Balaban J connectivity index is 1.68. The molecular formula is C13H19N3S. The number of nitrogens with one attached hydrogen (secondary N) is 1. The van der Waals surface area contributed by atoms with Crippen molar-refractivity contribution in [1.82, 2.24) is 10.2 Å². The molecule has 0 saturated carbocycles. The van der Waals surface area contributed by atoms with Crippen LogP contribution in [0.3, 0.4) is 0 Å². The second kappa shape index (κ2) is 6.15. The van der Waals surface area contributed by atoms with Gasteiger partial charge in [0.1, 0.15) is 10.9 Å². The Labute approximate surface area is 107 Å². The Hall–Kier alpha value is -0.890. The largest absolute Gasteiger partial charge is 0.312 e. The third kappa shape index (κ3) is 3.53. The van der Waals surface area contributed by atoms with Gasteiger partial charge in [0.2, 0.25) is 0 Å². The summed E-state index contributed by atoms with van der Waals surface area (Å²) >= 11 is 1.59. The minimum Gasteiger partial charge on any atom is -0.312 e. The number of nitrogens with zero attached hydrogens (tertiary/aromatic N) is 2. The monoisotopic (exact) mass is 249 g/mol. The van der Waals surface area contributed by atoms with Gasteiger partial charge in [-0.1, -0.05) is 6.92 Å². The lowest BCUT2D eigenvalue weighted by Crippen LogP contribution is -2.25. The first kappa shape index (κ1) is 12.6. The third-order valence-corrected chi connectivity index (χ3v) is 4.31. The second-order valence-corrected chi connectivity index (χ2v) is 5.72. The molecular weight excluding hydrogens is 230 g/mol. The molecule has 1 aliphatic rings. The van der Waals surface area contributed by atoms with E-state index in [1.54, 1.807) is 11.3 Å². The quantitative estimate of drug-likeness (QED) is 0.868. The van der Waals surface area contributed by atoms with Gasteiger partial charge in [-0.05, 0) is 44.1 Å². The fraction of sp³-hybridized carbons (Fsp3) is 0.615. The average Bonchev–Trinajstić information content (AvgIpc) is 2.97. The summed E-state index contributed by atoms with van der Waals surface area (Å²) in [6.45, 7) is 7.88. The van der Waals surface area contributed by atoms with Gasteiger partial charge in [-0.25, -0.2) is 0 Å². The van der Waals surface area contributed by atoms with Gasteiger partial charge in [-0.15, -0.1) is 11.3 Å². The van der Waals surface area contributed by atoms with Gasteiger partial charge in [-0.3, -0.25) is 0 Å². The predicted molar refractivity (Wildman–Crippen MR) is 71.0 cm³/mol. The fourth-order valence-electron chi connectivity index (χ4n) is 2.30. The van der Waals surface area contributed by atoms with Gasteiger partial charge in [0.15, 0.2) is 0 Å². The highest BCUT2D eigenvalue weighted by atomic mass is 32.1. The summed E-state index contributed by atoms with van der Waals surface area (Å²) in [6, 6.07) is 6.12. The van der Waals surface area contributed by atoms with Crippen LogP contribution in [0.2, 0.25) is 0 Å². The zero-order chi connectivity index (χ0) is 12.1. The van der Waals surface area contributed by atoms with E-state index in [1.165, 1.54) is 30.9 Å². The Morgan fingerprint density at radius 2 is 2.47 bits per heavy atom. The van der Waals surface area contributed by atoms with E-state index in [0.29, 0.717) is 0 Å². The van der Waals surface area contributed by atoms with E-state index < -0.39 is 0 Å². The summed E-state index contributed by atoms with van der Waals surface area (Å²) in [7, 11) is 0. The van der Waals surface area contributed by atoms with Crippen molar-refractivity contribution in [3.8, 4) is 6.07 Å². The van der Waals surface area contributed by atoms with Crippen LogP contribution < -0.4 is 5.32 Å². The Morgan fingerprint density at radius 1 is 1.59 bits per heavy atom. The second-order valence-electron chi connectivity index (χ2n) is 4.56. The fourth-order valence-corrected chi connectivity index (χ4v) is 3.07. The van der Waals surface area contributed by atoms with Crippen molar-refractivity contribution >= 4 is 11.3 Å². The molecule has 0 spiro atoms. The van der Waals surface area contributed by atoms with Crippen LogP contribution in [0.1, 0.15) is 23.1 Å². The Morgan fingerprint density at radius 3 is 3.12 bits per heavy atom. The third-order valence-electron chi connectivity index (χ3n) is 3.32. The van der Waals surface area contributed by atoms with Crippen LogP contribution in [0.15, 0.2) is 12.1 Å². The standard InChI is InChI=1S/C13H19N3S/c1-2-16-6-5-11(10-16)8-15-9-13-4-3-12(7-14)17-13/h3-4,11,15H,2,5-6,8-10H2,1H3. The molecule has 1 atom stereocenters. The van der Waals surface area contributed by atoms with Crippen LogP contribution in [0, 0.1) is 17.2 Å². The lowest BCUT2D eigenvalue weighted by Gasteiger charge is -2.13. The van der Waals surface area contributed by atoms with E-state index in [1.807, 2.05) is 12.1 Å². The van der Waals surface area contributed by atoms with Crippen molar-refractivity contribution in [2.75, 3.05) is 26.2 Å². The zero-order valence-electron chi connectivity index (χ0n) is 10.3. The number of nitriles is 1. The lowest BCUT2D eigenvalue weighted by molar-refractivity contribution is 0.339. The SMILES string of the molecule is CCN1CCC(CNCc2ccc(C#N)s2)C1. The van der Waals surface area contributed by atoms with Crippen molar-refractivity contribution in [2.45, 2.75) is 19.9 Å². The maximum atomic E-state index is 8.74. The molecule has 0 radical (unpaired) electrons. The van der Waals surface area contributed by atoms with Crippen LogP contribution in [-0.2, 0) is 6.54 Å². The Kier molecular flexibility index (Phi) is 4.55. The smallest absolute Gasteiger partial charge is 0.110 e. The molecule has 92 valence electrons. The highest BCUT2D eigenvalue weighted by molar-refractivity contribution is 7.12. The molecule has 0 aliphatic carbocycles. The van der Waals surface area contributed by atoms with Crippen LogP contribution in [0.5, 0.6) is 0 Å². The van der Waals surface area contributed by atoms with E-state index in [4.69, 9.17) is 5.26 Å². The van der Waals surface area contributed by atoms with E-state index in [2.05, 4.69) is 23.2 Å². The number of hydrogen-bond acceptors (Lipinski definition) is 4. The lowest BCUT2D eigenvalue weighted by atomic mass is 10.1. The van der Waals surface area contributed by atoms with Gasteiger partial charge in [0.05, 0.1) is 0 Å². The summed E-state index contributed by atoms with van der Waals surface area (Å²) in [5, 5.41) is 12.2. The molecule has 0 amide bonds. The summed E-state index contributed by atoms with van der Waals surface area (Å²) in [5.74, 6) is 0.797. The summed E-state index contributed by atoms with van der Waals surface area (Å²) in [5.41, 5.74) is 0. The molecule has 2 rings (SSSR count). The number of hydrogen-bond donors (Lipinski definition) is 1. The van der Waals surface area contributed by atoms with Crippen LogP contribution >= 0.6 is 11.3 Å². The minimum absolute atomic E-state index is 0.797. The maximum Gasteiger partial charge on any atom is 0.110 e. The van der Waals surface area contributed by atoms with Crippen molar-refractivity contribution in [1.29, 1.82) is 5.26 Å². The van der Waals surface area contributed by atoms with Crippen molar-refractivity contribution in [2.24, 2.45) is 5.92 Å². The zero-order valence-corrected chi connectivity index (χ0v) is 11.1. The molecule has 3 nitrogen and oxygen atoms in total. The van der Waals surface area contributed by atoms with Gasteiger partial charge >= 0.3 is 0 Å². The first-order valence-corrected chi connectivity index (χ1v) is 7.05. The first-order valence-electron chi connectivity index (χ1n) is 6.23. The van der Waals surface area contributed by atoms with Crippen LogP contribution in [0.4, 0.5) is 0 Å². The molecule has 2 heterocycles. The van der Waals surface area contributed by atoms with Crippen molar-refractivity contribution in [3.05, 3.63) is 21.9 Å². The summed E-state index contributed by atoms with van der Waals surface area (Å²) < 4.78 is 0. The number of likely N-dealkylation sites (tertiary alicyclic amines) is 1. The van der Waals surface area contributed by atoms with Crippen LogP contribution in [0.25, 0.3) is 0 Å². The molecule has 1 N–H and O–H groups in total. The molecule has 4 heteroatoms. The van der Waals surface area contributed by atoms with Gasteiger partial charge < -0.3 is 10.2 Å². The molecule has 1 aromatic heterocycles. The summed E-state index contributed by atoms with van der Waals surface area (Å²) in [4.78, 5) is 4.57. The van der Waals surface area contributed by atoms with Crippen molar-refractivity contribution < 1.29 is 0 Å². The molecule has 1 aromatic rings. The molecule has 0 bridgehead atoms. The maximum absolute atomic E-state index is 8.74. The normalized spacial score (nSPS) is 20.6. The first-order chi connectivity index (χ1) is 8.31.